The van der Waals surface area contributed by atoms with Crippen LogP contribution in [0.25, 0.3) is 0 Å². The average Bonchev–Trinajstić information content (AvgIpc) is 2.80. The number of ether oxygens (including phenoxy) is 1. The number of rotatable bonds is 4. The number of nitrogens with zero attached hydrogens (tertiary/aromatic N) is 2. The number of nitrogens with one attached hydrogen (secondary N) is 1. The van der Waals surface area contributed by atoms with Gasteiger partial charge in [-0.2, -0.15) is 4.98 Å². The van der Waals surface area contributed by atoms with Crippen LogP contribution in [0.15, 0.2) is 4.52 Å². The van der Waals surface area contributed by atoms with Gasteiger partial charge in [0, 0.05) is 13.5 Å². The molecule has 0 spiro atoms. The first-order valence-electron chi connectivity index (χ1n) is 6.21. The van der Waals surface area contributed by atoms with Gasteiger partial charge >= 0.3 is 0 Å². The summed E-state index contributed by atoms with van der Waals surface area (Å²) in [5.41, 5.74) is -0.480. The highest BCUT2D eigenvalue weighted by Crippen LogP contribution is 2.22. The summed E-state index contributed by atoms with van der Waals surface area (Å²) < 4.78 is 10.6. The topological polar surface area (TPSA) is 60.2 Å². The Morgan fingerprint density at radius 3 is 3.00 bits per heavy atom. The molecule has 1 N–H and O–H groups in total. The quantitative estimate of drug-likeness (QED) is 0.862. The summed E-state index contributed by atoms with van der Waals surface area (Å²) in [6, 6.07) is 0. The molecule has 0 amide bonds. The first-order valence-corrected chi connectivity index (χ1v) is 6.21. The van der Waals surface area contributed by atoms with Gasteiger partial charge in [0.05, 0.1) is 0 Å². The lowest BCUT2D eigenvalue weighted by Gasteiger charge is -2.21. The first-order chi connectivity index (χ1) is 8.12. The molecule has 1 unspecified atom stereocenters. The third-order valence-electron chi connectivity index (χ3n) is 3.38. The molecule has 1 saturated heterocycles. The predicted octanol–water partition coefficient (Wildman–Crippen LogP) is 1.49. The number of piperidine rings is 1. The number of hydrogen-bond donors (Lipinski definition) is 1. The van der Waals surface area contributed by atoms with E-state index in [0.717, 1.165) is 25.4 Å². The lowest BCUT2D eigenvalue weighted by molar-refractivity contribution is 0.00973. The SMILES string of the molecule is COC(C)(C)c1noc(CC2CCCNC2)n1. The van der Waals surface area contributed by atoms with Crippen molar-refractivity contribution in [3.05, 3.63) is 11.7 Å². The lowest BCUT2D eigenvalue weighted by Crippen LogP contribution is -2.31. The highest BCUT2D eigenvalue weighted by Gasteiger charge is 2.27. The van der Waals surface area contributed by atoms with Crippen molar-refractivity contribution in [2.75, 3.05) is 20.2 Å². The van der Waals surface area contributed by atoms with Crippen molar-refractivity contribution in [2.24, 2.45) is 5.92 Å². The molecule has 0 bridgehead atoms. The molecule has 2 rings (SSSR count). The average molecular weight is 239 g/mol. The zero-order valence-corrected chi connectivity index (χ0v) is 10.8. The minimum atomic E-state index is -0.480. The molecule has 1 fully saturated rings. The van der Waals surface area contributed by atoms with Crippen LogP contribution in [0.3, 0.4) is 0 Å². The van der Waals surface area contributed by atoms with Crippen molar-refractivity contribution in [1.29, 1.82) is 0 Å². The van der Waals surface area contributed by atoms with Crippen molar-refractivity contribution in [1.82, 2.24) is 15.5 Å². The molecule has 0 radical (unpaired) electrons. The van der Waals surface area contributed by atoms with E-state index < -0.39 is 5.60 Å². The third-order valence-corrected chi connectivity index (χ3v) is 3.38. The van der Waals surface area contributed by atoms with Gasteiger partial charge in [0.25, 0.3) is 0 Å². The second-order valence-electron chi connectivity index (χ2n) is 5.14. The van der Waals surface area contributed by atoms with Gasteiger partial charge in [-0.05, 0) is 45.7 Å². The molecule has 0 saturated carbocycles. The molecule has 17 heavy (non-hydrogen) atoms. The van der Waals surface area contributed by atoms with Crippen LogP contribution in [0.2, 0.25) is 0 Å². The molecule has 2 heterocycles. The third kappa shape index (κ3) is 3.04. The van der Waals surface area contributed by atoms with Gasteiger partial charge in [0.1, 0.15) is 5.60 Å². The van der Waals surface area contributed by atoms with Crippen LogP contribution >= 0.6 is 0 Å². The van der Waals surface area contributed by atoms with Gasteiger partial charge in [-0.1, -0.05) is 5.16 Å². The molecule has 0 aromatic carbocycles. The largest absolute Gasteiger partial charge is 0.371 e. The summed E-state index contributed by atoms with van der Waals surface area (Å²) in [5, 5.41) is 7.38. The maximum atomic E-state index is 5.33. The Morgan fingerprint density at radius 1 is 1.53 bits per heavy atom. The Balaban J connectivity index is 1.98. The summed E-state index contributed by atoms with van der Waals surface area (Å²) in [4.78, 5) is 4.42. The first kappa shape index (κ1) is 12.5. The molecular formula is C12H21N3O2. The zero-order chi connectivity index (χ0) is 12.3. The second kappa shape index (κ2) is 5.14. The predicted molar refractivity (Wildman–Crippen MR) is 63.6 cm³/mol. The summed E-state index contributed by atoms with van der Waals surface area (Å²) in [6.45, 7) is 6.04. The van der Waals surface area contributed by atoms with E-state index in [9.17, 15) is 0 Å². The van der Waals surface area contributed by atoms with Gasteiger partial charge in [-0.3, -0.25) is 0 Å². The Labute approximate surface area is 102 Å². The van der Waals surface area contributed by atoms with E-state index >= 15 is 0 Å². The van der Waals surface area contributed by atoms with Crippen LogP contribution in [0.1, 0.15) is 38.4 Å². The van der Waals surface area contributed by atoms with E-state index in [4.69, 9.17) is 9.26 Å². The van der Waals surface area contributed by atoms with Crippen LogP contribution in [-0.4, -0.2) is 30.3 Å². The fraction of sp³-hybridized carbons (Fsp3) is 0.833. The lowest BCUT2D eigenvalue weighted by atomic mass is 9.96. The van der Waals surface area contributed by atoms with Crippen LogP contribution in [0.5, 0.6) is 0 Å². The number of aromatic nitrogens is 2. The highest BCUT2D eigenvalue weighted by atomic mass is 16.5. The molecule has 5 nitrogen and oxygen atoms in total. The maximum Gasteiger partial charge on any atom is 0.227 e. The van der Waals surface area contributed by atoms with E-state index in [1.807, 2.05) is 13.8 Å². The minimum Gasteiger partial charge on any atom is -0.371 e. The monoisotopic (exact) mass is 239 g/mol. The molecule has 1 aliphatic heterocycles. The molecule has 0 aliphatic carbocycles. The smallest absolute Gasteiger partial charge is 0.227 e. The van der Waals surface area contributed by atoms with Crippen LogP contribution in [0.4, 0.5) is 0 Å². The summed E-state index contributed by atoms with van der Waals surface area (Å²) in [6.07, 6.45) is 3.33. The van der Waals surface area contributed by atoms with Gasteiger partial charge in [0.15, 0.2) is 0 Å². The fourth-order valence-electron chi connectivity index (χ4n) is 2.02. The zero-order valence-electron chi connectivity index (χ0n) is 10.8. The second-order valence-corrected chi connectivity index (χ2v) is 5.14. The molecule has 1 aliphatic rings. The molecular weight excluding hydrogens is 218 g/mol. The molecule has 1 aromatic heterocycles. The van der Waals surface area contributed by atoms with Crippen LogP contribution in [0, 0.1) is 5.92 Å². The summed E-state index contributed by atoms with van der Waals surface area (Å²) in [7, 11) is 1.65. The van der Waals surface area contributed by atoms with Gasteiger partial charge in [0.2, 0.25) is 11.7 Å². The van der Waals surface area contributed by atoms with E-state index in [0.29, 0.717) is 11.7 Å². The van der Waals surface area contributed by atoms with Crippen molar-refractivity contribution >= 4 is 0 Å². The normalized spacial score (nSPS) is 21.7. The maximum absolute atomic E-state index is 5.33. The van der Waals surface area contributed by atoms with Crippen LogP contribution < -0.4 is 5.32 Å². The summed E-state index contributed by atoms with van der Waals surface area (Å²) >= 11 is 0. The number of methoxy groups -OCH3 is 1. The Kier molecular flexibility index (Phi) is 3.79. The molecule has 5 heteroatoms. The number of hydrogen-bond acceptors (Lipinski definition) is 5. The van der Waals surface area contributed by atoms with E-state index in [1.165, 1.54) is 12.8 Å². The van der Waals surface area contributed by atoms with Gasteiger partial charge < -0.3 is 14.6 Å². The molecule has 96 valence electrons. The van der Waals surface area contributed by atoms with Crippen LogP contribution in [-0.2, 0) is 16.8 Å². The van der Waals surface area contributed by atoms with Crippen molar-refractivity contribution in [3.63, 3.8) is 0 Å². The van der Waals surface area contributed by atoms with E-state index in [2.05, 4.69) is 15.5 Å². The molecule has 1 aromatic rings. The van der Waals surface area contributed by atoms with E-state index in [-0.39, 0.29) is 0 Å². The van der Waals surface area contributed by atoms with Crippen molar-refractivity contribution < 1.29 is 9.26 Å². The Morgan fingerprint density at radius 2 is 2.35 bits per heavy atom. The van der Waals surface area contributed by atoms with Crippen molar-refractivity contribution in [3.8, 4) is 0 Å². The Bertz CT molecular complexity index is 356. The van der Waals surface area contributed by atoms with Gasteiger partial charge in [-0.15, -0.1) is 0 Å². The standard InChI is InChI=1S/C12H21N3O2/c1-12(2,16-3)11-14-10(17-15-11)7-9-5-4-6-13-8-9/h9,13H,4-8H2,1-3H3. The van der Waals surface area contributed by atoms with Crippen molar-refractivity contribution in [2.45, 2.75) is 38.7 Å². The molecule has 1 atom stereocenters. The van der Waals surface area contributed by atoms with Gasteiger partial charge in [-0.25, -0.2) is 0 Å². The summed E-state index contributed by atoms with van der Waals surface area (Å²) in [5.74, 6) is 1.96. The minimum absolute atomic E-state index is 0.480. The van der Waals surface area contributed by atoms with E-state index in [1.54, 1.807) is 7.11 Å². The highest BCUT2D eigenvalue weighted by molar-refractivity contribution is 4.98. The Hall–Kier alpha value is -0.940. The fourth-order valence-corrected chi connectivity index (χ4v) is 2.02.